The molecule has 0 N–H and O–H groups in total. The molecule has 0 heterocycles. The first-order valence-electron chi connectivity index (χ1n) is 10.6. The first-order chi connectivity index (χ1) is 13.7. The topological polar surface area (TPSA) is 9.23 Å². The zero-order valence-electron chi connectivity index (χ0n) is 16.9. The summed E-state index contributed by atoms with van der Waals surface area (Å²) in [4.78, 5) is 0. The lowest BCUT2D eigenvalue weighted by molar-refractivity contribution is 0.316. The molecule has 146 valence electrons. The summed E-state index contributed by atoms with van der Waals surface area (Å²) in [6, 6.07) is 16.7. The van der Waals surface area contributed by atoms with Crippen LogP contribution in [0.1, 0.15) is 61.3 Å². The van der Waals surface area contributed by atoms with Gasteiger partial charge in [-0.25, -0.2) is 4.39 Å². The van der Waals surface area contributed by atoms with Crippen molar-refractivity contribution in [1.29, 1.82) is 0 Å². The minimum Gasteiger partial charge on any atom is -0.494 e. The van der Waals surface area contributed by atoms with Gasteiger partial charge < -0.3 is 4.74 Å². The fraction of sp³-hybridized carbons (Fsp3) is 0.385. The third-order valence-electron chi connectivity index (χ3n) is 5.91. The molecule has 1 atom stereocenters. The third-order valence-corrected chi connectivity index (χ3v) is 5.91. The van der Waals surface area contributed by atoms with E-state index in [1.807, 2.05) is 12.1 Å². The van der Waals surface area contributed by atoms with Gasteiger partial charge in [-0.2, -0.15) is 0 Å². The lowest BCUT2D eigenvalue weighted by Crippen LogP contribution is -2.14. The number of hydrogen-bond acceptors (Lipinski definition) is 1. The Kier molecular flexibility index (Phi) is 5.66. The highest BCUT2D eigenvalue weighted by Gasteiger charge is 2.24. The summed E-state index contributed by atoms with van der Waals surface area (Å²) in [6.07, 6.45) is 6.04. The molecule has 2 heteroatoms. The van der Waals surface area contributed by atoms with Gasteiger partial charge in [-0.3, -0.25) is 0 Å². The minimum absolute atomic E-state index is 0.0307. The molecule has 0 fully saturated rings. The van der Waals surface area contributed by atoms with Crippen LogP contribution >= 0.6 is 0 Å². The van der Waals surface area contributed by atoms with E-state index in [0.29, 0.717) is 0 Å². The van der Waals surface area contributed by atoms with Crippen LogP contribution in [0.3, 0.4) is 0 Å². The molecule has 28 heavy (non-hydrogen) atoms. The van der Waals surface area contributed by atoms with Gasteiger partial charge in [0.05, 0.1) is 6.61 Å². The van der Waals surface area contributed by atoms with Crippen LogP contribution in [0.25, 0.3) is 10.8 Å². The van der Waals surface area contributed by atoms with Gasteiger partial charge in [0.2, 0.25) is 0 Å². The zero-order valence-corrected chi connectivity index (χ0v) is 16.9. The number of ether oxygens (including phenoxy) is 1. The summed E-state index contributed by atoms with van der Waals surface area (Å²) in [5.41, 5.74) is 4.84. The smallest absolute Gasteiger partial charge is 0.134 e. The second-order valence-corrected chi connectivity index (χ2v) is 7.99. The van der Waals surface area contributed by atoms with E-state index in [9.17, 15) is 0 Å². The molecule has 1 aliphatic carbocycles. The lowest BCUT2D eigenvalue weighted by atomic mass is 9.79. The van der Waals surface area contributed by atoms with E-state index in [1.165, 1.54) is 16.7 Å². The van der Waals surface area contributed by atoms with Crippen LogP contribution < -0.4 is 4.74 Å². The maximum atomic E-state index is 15.3. The fourth-order valence-corrected chi connectivity index (χ4v) is 4.42. The molecule has 4 rings (SSSR count). The summed E-state index contributed by atoms with van der Waals surface area (Å²) < 4.78 is 21.1. The van der Waals surface area contributed by atoms with Crippen molar-refractivity contribution in [2.24, 2.45) is 0 Å². The normalized spacial score (nSPS) is 16.2. The van der Waals surface area contributed by atoms with E-state index in [-0.39, 0.29) is 11.7 Å². The highest BCUT2D eigenvalue weighted by molar-refractivity contribution is 5.84. The largest absolute Gasteiger partial charge is 0.494 e. The van der Waals surface area contributed by atoms with E-state index in [0.717, 1.165) is 67.2 Å². The van der Waals surface area contributed by atoms with Gasteiger partial charge in [0.1, 0.15) is 11.6 Å². The van der Waals surface area contributed by atoms with Crippen molar-refractivity contribution in [3.05, 3.63) is 76.6 Å². The molecule has 0 bridgehead atoms. The molecule has 1 aliphatic rings. The molecule has 3 aromatic rings. The number of rotatable bonds is 6. The SMILES string of the molecule is CCCOc1ccc2c(c1)CCC(c1ccc3cc(CCC)ccc3c1F)C2. The third kappa shape index (κ3) is 3.78. The first-order valence-corrected chi connectivity index (χ1v) is 10.6. The average molecular weight is 377 g/mol. The van der Waals surface area contributed by atoms with Crippen LogP contribution in [-0.4, -0.2) is 6.61 Å². The Morgan fingerprint density at radius 3 is 2.68 bits per heavy atom. The Morgan fingerprint density at radius 2 is 1.86 bits per heavy atom. The number of fused-ring (bicyclic) bond motifs is 2. The van der Waals surface area contributed by atoms with Crippen LogP contribution in [0.4, 0.5) is 4.39 Å². The number of benzene rings is 3. The maximum absolute atomic E-state index is 15.3. The molecule has 0 saturated carbocycles. The number of aryl methyl sites for hydroxylation is 2. The molecule has 3 aromatic carbocycles. The van der Waals surface area contributed by atoms with Gasteiger partial charge >= 0.3 is 0 Å². The standard InChI is InChI=1S/C26H29FO/c1-3-5-18-6-12-24-21(15-18)10-13-25(26(24)27)22-8-7-20-17-23(28-14-4-2)11-9-19(20)16-22/h6,9-13,15,17,22H,3-5,7-8,14,16H2,1-2H3. The molecular formula is C26H29FO. The van der Waals surface area contributed by atoms with E-state index >= 15 is 4.39 Å². The summed E-state index contributed by atoms with van der Waals surface area (Å²) in [5, 5.41) is 1.77. The van der Waals surface area contributed by atoms with Crippen molar-refractivity contribution in [2.75, 3.05) is 6.61 Å². The van der Waals surface area contributed by atoms with Crippen molar-refractivity contribution >= 4 is 10.8 Å². The summed E-state index contributed by atoms with van der Waals surface area (Å²) in [6.45, 7) is 5.04. The van der Waals surface area contributed by atoms with Gasteiger partial charge in [0.15, 0.2) is 0 Å². The lowest BCUT2D eigenvalue weighted by Gasteiger charge is -2.26. The molecule has 1 nitrogen and oxygen atoms in total. The Balaban J connectivity index is 1.59. The van der Waals surface area contributed by atoms with Crippen molar-refractivity contribution < 1.29 is 9.13 Å². The van der Waals surface area contributed by atoms with E-state index in [2.05, 4.69) is 50.2 Å². The predicted octanol–water partition coefficient (Wildman–Crippen LogP) is 6.99. The van der Waals surface area contributed by atoms with Crippen LogP contribution in [-0.2, 0) is 19.3 Å². The second kappa shape index (κ2) is 8.34. The van der Waals surface area contributed by atoms with Crippen LogP contribution in [0, 0.1) is 5.82 Å². The van der Waals surface area contributed by atoms with Crippen molar-refractivity contribution in [3.63, 3.8) is 0 Å². The van der Waals surface area contributed by atoms with Crippen LogP contribution in [0.5, 0.6) is 5.75 Å². The van der Waals surface area contributed by atoms with E-state index in [1.54, 1.807) is 0 Å². The molecule has 0 radical (unpaired) electrons. The number of hydrogen-bond donors (Lipinski definition) is 0. The Morgan fingerprint density at radius 1 is 0.964 bits per heavy atom. The summed E-state index contributed by atoms with van der Waals surface area (Å²) in [5.74, 6) is 1.17. The fourth-order valence-electron chi connectivity index (χ4n) is 4.42. The van der Waals surface area contributed by atoms with Gasteiger partial charge in [0.25, 0.3) is 0 Å². The molecule has 0 saturated heterocycles. The maximum Gasteiger partial charge on any atom is 0.134 e. The van der Waals surface area contributed by atoms with Gasteiger partial charge in [-0.05, 0) is 77.8 Å². The predicted molar refractivity (Wildman–Crippen MR) is 115 cm³/mol. The van der Waals surface area contributed by atoms with Crippen LogP contribution in [0.2, 0.25) is 0 Å². The molecule has 0 spiro atoms. The Bertz CT molecular complexity index is 976. The minimum atomic E-state index is -0.0307. The highest BCUT2D eigenvalue weighted by atomic mass is 19.1. The molecule has 0 amide bonds. The van der Waals surface area contributed by atoms with Gasteiger partial charge in [-0.1, -0.05) is 56.7 Å². The van der Waals surface area contributed by atoms with Crippen molar-refractivity contribution in [3.8, 4) is 5.75 Å². The second-order valence-electron chi connectivity index (χ2n) is 7.99. The zero-order chi connectivity index (χ0) is 19.5. The Hall–Kier alpha value is -2.35. The van der Waals surface area contributed by atoms with Crippen molar-refractivity contribution in [2.45, 2.75) is 58.3 Å². The van der Waals surface area contributed by atoms with Gasteiger partial charge in [0, 0.05) is 5.39 Å². The Labute approximate surface area is 167 Å². The average Bonchev–Trinajstić information content (AvgIpc) is 2.72. The first kappa shape index (κ1) is 19.0. The summed E-state index contributed by atoms with van der Waals surface area (Å²) >= 11 is 0. The number of halogens is 1. The molecule has 1 unspecified atom stereocenters. The van der Waals surface area contributed by atoms with Crippen molar-refractivity contribution in [1.82, 2.24) is 0 Å². The molecular weight excluding hydrogens is 347 g/mol. The highest BCUT2D eigenvalue weighted by Crippen LogP contribution is 2.37. The molecule has 0 aliphatic heterocycles. The van der Waals surface area contributed by atoms with Gasteiger partial charge in [-0.15, -0.1) is 0 Å². The monoisotopic (exact) mass is 376 g/mol. The van der Waals surface area contributed by atoms with E-state index < -0.39 is 0 Å². The summed E-state index contributed by atoms with van der Waals surface area (Å²) in [7, 11) is 0. The van der Waals surface area contributed by atoms with Crippen LogP contribution in [0.15, 0.2) is 48.5 Å². The quantitative estimate of drug-likeness (QED) is 0.450. The van der Waals surface area contributed by atoms with E-state index in [4.69, 9.17) is 4.74 Å². The molecule has 0 aromatic heterocycles.